The Morgan fingerprint density at radius 2 is 1.90 bits per heavy atom. The van der Waals surface area contributed by atoms with Crippen LogP contribution in [0.5, 0.6) is 5.75 Å². The van der Waals surface area contributed by atoms with Gasteiger partial charge in [-0.05, 0) is 30.2 Å². The maximum absolute atomic E-state index is 14.4. The number of halogens is 1. The topological polar surface area (TPSA) is 62.2 Å². The second kappa shape index (κ2) is 10.5. The summed E-state index contributed by atoms with van der Waals surface area (Å²) in [6.45, 7) is 3.77. The molecule has 1 fully saturated rings. The van der Waals surface area contributed by atoms with E-state index < -0.39 is 0 Å². The Labute approximate surface area is 176 Å². The first-order valence-electron chi connectivity index (χ1n) is 10.1. The number of esters is 1. The van der Waals surface area contributed by atoms with Gasteiger partial charge in [0.1, 0.15) is 11.6 Å². The van der Waals surface area contributed by atoms with E-state index >= 15 is 0 Å². The van der Waals surface area contributed by atoms with Crippen molar-refractivity contribution in [1.29, 1.82) is 0 Å². The monoisotopic (exact) mass is 416 g/mol. The van der Waals surface area contributed by atoms with Gasteiger partial charge in [-0.15, -0.1) is 0 Å². The first kappa shape index (κ1) is 22.2. The lowest BCUT2D eigenvalue weighted by atomic mass is 10.1. The van der Waals surface area contributed by atoms with Crippen molar-refractivity contribution in [1.82, 2.24) is 9.80 Å². The fraction of sp³-hybridized carbons (Fsp3) is 0.435. The van der Waals surface area contributed by atoms with Crippen LogP contribution in [0.1, 0.15) is 27.9 Å². The minimum absolute atomic E-state index is 0.0912. The molecule has 0 aliphatic carbocycles. The van der Waals surface area contributed by atoms with Crippen molar-refractivity contribution >= 4 is 5.97 Å². The quantitative estimate of drug-likeness (QED) is 0.668. The van der Waals surface area contributed by atoms with Gasteiger partial charge in [0.25, 0.3) is 0 Å². The average molecular weight is 416 g/mol. The summed E-state index contributed by atoms with van der Waals surface area (Å²) < 4.78 is 24.2. The highest BCUT2D eigenvalue weighted by molar-refractivity contribution is 5.89. The predicted molar refractivity (Wildman–Crippen MR) is 112 cm³/mol. The Bertz CT molecular complexity index is 844. The van der Waals surface area contributed by atoms with Gasteiger partial charge in [-0.3, -0.25) is 9.80 Å². The Morgan fingerprint density at radius 1 is 1.13 bits per heavy atom. The molecule has 0 saturated carbocycles. The van der Waals surface area contributed by atoms with Crippen LogP contribution in [0.4, 0.5) is 4.39 Å². The molecule has 2 aromatic rings. The number of nitrogens with zero attached hydrogens (tertiary/aromatic N) is 2. The van der Waals surface area contributed by atoms with E-state index in [9.17, 15) is 14.3 Å². The summed E-state index contributed by atoms with van der Waals surface area (Å²) in [7, 11) is 2.89. The fourth-order valence-electron chi connectivity index (χ4n) is 3.86. The molecular formula is C23H29FN2O4. The number of piperazine rings is 1. The van der Waals surface area contributed by atoms with Crippen molar-refractivity contribution in [2.45, 2.75) is 25.6 Å². The van der Waals surface area contributed by atoms with Gasteiger partial charge in [0.2, 0.25) is 0 Å². The zero-order chi connectivity index (χ0) is 21.5. The van der Waals surface area contributed by atoms with Gasteiger partial charge >= 0.3 is 5.97 Å². The molecule has 0 spiro atoms. The van der Waals surface area contributed by atoms with Crippen molar-refractivity contribution in [2.24, 2.45) is 0 Å². The SMILES string of the molecule is COC(=O)c1ccc(CN2CCN(Cc3ccc(OC)cc3F)[C@H](CCO)C2)cc1. The Morgan fingerprint density at radius 3 is 2.53 bits per heavy atom. The Hall–Kier alpha value is -2.48. The molecule has 7 heteroatoms. The number of benzene rings is 2. The fourth-order valence-corrected chi connectivity index (χ4v) is 3.86. The van der Waals surface area contributed by atoms with E-state index in [1.54, 1.807) is 24.3 Å². The largest absolute Gasteiger partial charge is 0.497 e. The molecule has 3 rings (SSSR count). The Kier molecular flexibility index (Phi) is 7.79. The average Bonchev–Trinajstić information content (AvgIpc) is 2.77. The number of aliphatic hydroxyl groups is 1. The summed E-state index contributed by atoms with van der Waals surface area (Å²) in [4.78, 5) is 16.1. The van der Waals surface area contributed by atoms with Gasteiger partial charge in [-0.1, -0.05) is 18.2 Å². The number of methoxy groups -OCH3 is 2. The van der Waals surface area contributed by atoms with E-state index in [2.05, 4.69) is 9.80 Å². The van der Waals surface area contributed by atoms with Crippen molar-refractivity contribution in [2.75, 3.05) is 40.5 Å². The third kappa shape index (κ3) is 5.56. The van der Waals surface area contributed by atoms with Crippen LogP contribution < -0.4 is 4.74 Å². The minimum atomic E-state index is -0.344. The van der Waals surface area contributed by atoms with E-state index in [0.717, 1.165) is 31.7 Å². The first-order valence-corrected chi connectivity index (χ1v) is 10.1. The number of hydrogen-bond acceptors (Lipinski definition) is 6. The first-order chi connectivity index (χ1) is 14.5. The van der Waals surface area contributed by atoms with Gasteiger partial charge < -0.3 is 14.6 Å². The lowest BCUT2D eigenvalue weighted by molar-refractivity contribution is 0.0493. The molecule has 2 aromatic carbocycles. The van der Waals surface area contributed by atoms with Crippen LogP contribution in [0.3, 0.4) is 0 Å². The molecule has 1 heterocycles. The molecule has 0 aromatic heterocycles. The molecule has 162 valence electrons. The van der Waals surface area contributed by atoms with E-state index in [1.807, 2.05) is 12.1 Å². The summed E-state index contributed by atoms with van der Waals surface area (Å²) in [6, 6.07) is 12.5. The molecule has 0 bridgehead atoms. The minimum Gasteiger partial charge on any atom is -0.497 e. The summed E-state index contributed by atoms with van der Waals surface area (Å²) in [6.07, 6.45) is 0.634. The van der Waals surface area contributed by atoms with E-state index in [1.165, 1.54) is 20.3 Å². The van der Waals surface area contributed by atoms with Crippen molar-refractivity contribution in [3.05, 3.63) is 65.0 Å². The molecule has 0 unspecified atom stereocenters. The highest BCUT2D eigenvalue weighted by atomic mass is 19.1. The summed E-state index contributed by atoms with van der Waals surface area (Å²) in [5, 5.41) is 9.53. The number of rotatable bonds is 8. The third-order valence-corrected chi connectivity index (χ3v) is 5.57. The number of aliphatic hydroxyl groups excluding tert-OH is 1. The maximum Gasteiger partial charge on any atom is 0.337 e. The van der Waals surface area contributed by atoms with Crippen molar-refractivity contribution in [3.8, 4) is 5.75 Å². The van der Waals surface area contributed by atoms with Crippen LogP contribution in [-0.2, 0) is 17.8 Å². The molecule has 1 aliphatic heterocycles. The van der Waals surface area contributed by atoms with Crippen LogP contribution in [0.25, 0.3) is 0 Å². The zero-order valence-electron chi connectivity index (χ0n) is 17.5. The third-order valence-electron chi connectivity index (χ3n) is 5.57. The van der Waals surface area contributed by atoms with Gasteiger partial charge in [0.15, 0.2) is 0 Å². The number of hydrogen-bond donors (Lipinski definition) is 1. The number of ether oxygens (including phenoxy) is 2. The Balaban J connectivity index is 1.62. The second-order valence-electron chi connectivity index (χ2n) is 7.52. The molecular weight excluding hydrogens is 387 g/mol. The molecule has 1 N–H and O–H groups in total. The molecule has 0 radical (unpaired) electrons. The lowest BCUT2D eigenvalue weighted by Gasteiger charge is -2.41. The number of carbonyl (C=O) groups is 1. The van der Waals surface area contributed by atoms with Gasteiger partial charge in [-0.25, -0.2) is 9.18 Å². The smallest absolute Gasteiger partial charge is 0.337 e. The normalized spacial score (nSPS) is 17.7. The van der Waals surface area contributed by atoms with E-state index in [0.29, 0.717) is 29.8 Å². The standard InChI is InChI=1S/C23H29FN2O4/c1-29-21-8-7-19(22(24)13-21)15-26-11-10-25(16-20(26)9-12-27)14-17-3-5-18(6-4-17)23(28)30-2/h3-8,13,20,27H,9-12,14-16H2,1-2H3/t20-/m1/s1. The second-order valence-corrected chi connectivity index (χ2v) is 7.52. The highest BCUT2D eigenvalue weighted by Crippen LogP contribution is 2.22. The van der Waals surface area contributed by atoms with Gasteiger partial charge in [0.05, 0.1) is 19.8 Å². The van der Waals surface area contributed by atoms with Gasteiger partial charge in [-0.2, -0.15) is 0 Å². The number of carbonyl (C=O) groups excluding carboxylic acids is 1. The molecule has 30 heavy (non-hydrogen) atoms. The predicted octanol–water partition coefficient (Wildman–Crippen LogP) is 2.69. The van der Waals surface area contributed by atoms with Crippen LogP contribution in [0.2, 0.25) is 0 Å². The van der Waals surface area contributed by atoms with E-state index in [4.69, 9.17) is 9.47 Å². The van der Waals surface area contributed by atoms with Crippen LogP contribution in [0, 0.1) is 5.82 Å². The van der Waals surface area contributed by atoms with Crippen LogP contribution in [0.15, 0.2) is 42.5 Å². The summed E-state index contributed by atoms with van der Waals surface area (Å²) in [5.41, 5.74) is 2.27. The molecule has 6 nitrogen and oxygen atoms in total. The highest BCUT2D eigenvalue weighted by Gasteiger charge is 2.27. The molecule has 1 saturated heterocycles. The molecule has 0 amide bonds. The van der Waals surface area contributed by atoms with E-state index in [-0.39, 0.29) is 24.4 Å². The van der Waals surface area contributed by atoms with Crippen LogP contribution in [-0.4, -0.2) is 67.4 Å². The molecule has 1 aliphatic rings. The van der Waals surface area contributed by atoms with Crippen molar-refractivity contribution < 1.29 is 23.8 Å². The summed E-state index contributed by atoms with van der Waals surface area (Å²) in [5.74, 6) is -0.111. The lowest BCUT2D eigenvalue weighted by Crippen LogP contribution is -2.52. The van der Waals surface area contributed by atoms with Crippen LogP contribution >= 0.6 is 0 Å². The zero-order valence-corrected chi connectivity index (χ0v) is 17.5. The van der Waals surface area contributed by atoms with Gasteiger partial charge in [0, 0.05) is 57.0 Å². The maximum atomic E-state index is 14.4. The van der Waals surface area contributed by atoms with Crippen molar-refractivity contribution in [3.63, 3.8) is 0 Å². The summed E-state index contributed by atoms with van der Waals surface area (Å²) >= 11 is 0. The molecule has 1 atom stereocenters.